The molecule has 0 aliphatic carbocycles. The molecule has 18 heavy (non-hydrogen) atoms. The van der Waals surface area contributed by atoms with Gasteiger partial charge in [0, 0.05) is 23.2 Å². The van der Waals surface area contributed by atoms with Crippen molar-refractivity contribution in [3.8, 4) is 0 Å². The Morgan fingerprint density at radius 1 is 1.39 bits per heavy atom. The molecule has 4 nitrogen and oxygen atoms in total. The first-order valence-corrected chi connectivity index (χ1v) is 6.80. The second kappa shape index (κ2) is 4.82. The minimum atomic E-state index is -0.506. The molecule has 2 rings (SSSR count). The van der Waals surface area contributed by atoms with Crippen molar-refractivity contribution < 1.29 is 5.11 Å². The number of nitrogens with zero attached hydrogens (tertiary/aromatic N) is 3. The van der Waals surface area contributed by atoms with Gasteiger partial charge < -0.3 is 5.11 Å². The summed E-state index contributed by atoms with van der Waals surface area (Å²) in [6, 6.07) is 4.10. The third kappa shape index (κ3) is 2.79. The second-order valence-corrected chi connectivity index (χ2v) is 6.59. The van der Waals surface area contributed by atoms with E-state index in [1.54, 1.807) is 16.0 Å². The Balaban J connectivity index is 2.12. The largest absolute Gasteiger partial charge is 0.387 e. The Bertz CT molecular complexity index is 524. The number of thiophene rings is 1. The molecule has 0 saturated carbocycles. The highest BCUT2D eigenvalue weighted by molar-refractivity contribution is 7.12. The van der Waals surface area contributed by atoms with Gasteiger partial charge in [0.2, 0.25) is 0 Å². The van der Waals surface area contributed by atoms with Crippen LogP contribution in [0.5, 0.6) is 0 Å². The second-order valence-electron chi connectivity index (χ2n) is 5.47. The first-order valence-electron chi connectivity index (χ1n) is 5.99. The summed E-state index contributed by atoms with van der Waals surface area (Å²) in [4.78, 5) is 6.41. The fourth-order valence-corrected chi connectivity index (χ4v) is 2.77. The van der Waals surface area contributed by atoms with Crippen LogP contribution in [-0.4, -0.2) is 19.9 Å². The lowest BCUT2D eigenvalue weighted by Crippen LogP contribution is -2.08. The van der Waals surface area contributed by atoms with Crippen LogP contribution < -0.4 is 0 Å². The summed E-state index contributed by atoms with van der Waals surface area (Å²) in [7, 11) is 1.84. The van der Waals surface area contributed by atoms with Crippen molar-refractivity contribution in [3.05, 3.63) is 34.0 Å². The van der Waals surface area contributed by atoms with Crippen LogP contribution >= 0.6 is 11.3 Å². The molecule has 0 aliphatic rings. The fourth-order valence-electron chi connectivity index (χ4n) is 1.71. The normalized spacial score (nSPS) is 13.8. The van der Waals surface area contributed by atoms with E-state index in [9.17, 15) is 5.11 Å². The maximum Gasteiger partial charge on any atom is 0.138 e. The molecule has 1 unspecified atom stereocenters. The molecule has 5 heteroatoms. The molecule has 0 aliphatic heterocycles. The topological polar surface area (TPSA) is 50.9 Å². The zero-order valence-electron chi connectivity index (χ0n) is 11.2. The van der Waals surface area contributed by atoms with Crippen molar-refractivity contribution in [3.63, 3.8) is 0 Å². The number of hydrogen-bond acceptors (Lipinski definition) is 4. The quantitative estimate of drug-likeness (QED) is 0.927. The fraction of sp³-hybridized carbons (Fsp3) is 0.538. The van der Waals surface area contributed by atoms with Crippen molar-refractivity contribution in [2.75, 3.05) is 0 Å². The molecule has 1 atom stereocenters. The average Bonchev–Trinajstić information content (AvgIpc) is 2.87. The van der Waals surface area contributed by atoms with Gasteiger partial charge in [-0.3, -0.25) is 4.68 Å². The van der Waals surface area contributed by atoms with Gasteiger partial charge in [-0.25, -0.2) is 4.98 Å². The van der Waals surface area contributed by atoms with Crippen LogP contribution in [-0.2, 0) is 18.9 Å². The highest BCUT2D eigenvalue weighted by atomic mass is 32.1. The molecule has 2 heterocycles. The highest BCUT2D eigenvalue weighted by Gasteiger charge is 2.19. The summed E-state index contributed by atoms with van der Waals surface area (Å²) in [5, 5.41) is 14.2. The molecule has 0 bridgehead atoms. The van der Waals surface area contributed by atoms with Gasteiger partial charge in [-0.05, 0) is 17.5 Å². The van der Waals surface area contributed by atoms with E-state index in [4.69, 9.17) is 0 Å². The van der Waals surface area contributed by atoms with Crippen molar-refractivity contribution in [1.82, 2.24) is 14.8 Å². The van der Waals surface area contributed by atoms with Crippen LogP contribution in [0.4, 0.5) is 0 Å². The van der Waals surface area contributed by atoms with Crippen LogP contribution in [0.3, 0.4) is 0 Å². The van der Waals surface area contributed by atoms with E-state index in [-0.39, 0.29) is 5.41 Å². The molecule has 0 spiro atoms. The first kappa shape index (κ1) is 13.2. The highest BCUT2D eigenvalue weighted by Crippen LogP contribution is 2.33. The third-order valence-electron chi connectivity index (χ3n) is 2.88. The Labute approximate surface area is 111 Å². The molecule has 0 fully saturated rings. The number of rotatable bonds is 3. The molecular weight excluding hydrogens is 246 g/mol. The molecule has 1 N–H and O–H groups in total. The Morgan fingerprint density at radius 2 is 2.11 bits per heavy atom. The van der Waals surface area contributed by atoms with Crippen molar-refractivity contribution in [1.29, 1.82) is 0 Å². The molecular formula is C13H19N3OS. The van der Waals surface area contributed by atoms with Gasteiger partial charge in [0.25, 0.3) is 0 Å². The first-order chi connectivity index (χ1) is 8.38. The average molecular weight is 265 g/mol. The maximum absolute atomic E-state index is 10.2. The van der Waals surface area contributed by atoms with Crippen molar-refractivity contribution in [2.45, 2.75) is 38.7 Å². The Morgan fingerprint density at radius 3 is 2.61 bits per heavy atom. The number of aliphatic hydroxyl groups excluding tert-OH is 1. The lowest BCUT2D eigenvalue weighted by molar-refractivity contribution is 0.178. The summed E-state index contributed by atoms with van der Waals surface area (Å²) in [6.45, 7) is 6.53. The third-order valence-corrected chi connectivity index (χ3v) is 4.49. The van der Waals surface area contributed by atoms with E-state index in [1.165, 1.54) is 11.2 Å². The molecule has 0 aromatic carbocycles. The van der Waals surface area contributed by atoms with Gasteiger partial charge in [-0.2, -0.15) is 5.10 Å². The lowest BCUT2D eigenvalue weighted by Gasteiger charge is -2.15. The van der Waals surface area contributed by atoms with Crippen LogP contribution in [0.25, 0.3) is 0 Å². The van der Waals surface area contributed by atoms with Gasteiger partial charge in [-0.15, -0.1) is 11.3 Å². The summed E-state index contributed by atoms with van der Waals surface area (Å²) in [5.74, 6) is 0.799. The van der Waals surface area contributed by atoms with E-state index in [2.05, 4.69) is 36.9 Å². The standard InChI is InChI=1S/C13H19N3OS/c1-13(2,3)11-6-5-10(18-11)9(17)7-12-14-8-15-16(12)4/h5-6,8-9,17H,7H2,1-4H3. The van der Waals surface area contributed by atoms with Crippen LogP contribution in [0.15, 0.2) is 18.5 Å². The Hall–Kier alpha value is -1.20. The number of aryl methyl sites for hydroxylation is 1. The van der Waals surface area contributed by atoms with Gasteiger partial charge in [-0.1, -0.05) is 20.8 Å². The zero-order chi connectivity index (χ0) is 13.3. The molecule has 0 saturated heterocycles. The van der Waals surface area contributed by atoms with Crippen LogP contribution in [0.2, 0.25) is 0 Å². The van der Waals surface area contributed by atoms with Crippen molar-refractivity contribution >= 4 is 11.3 Å². The predicted octanol–water partition coefficient (Wildman–Crippen LogP) is 2.45. The van der Waals surface area contributed by atoms with E-state index >= 15 is 0 Å². The number of hydrogen-bond donors (Lipinski definition) is 1. The van der Waals surface area contributed by atoms with E-state index in [1.807, 2.05) is 13.1 Å². The monoisotopic (exact) mass is 265 g/mol. The minimum Gasteiger partial charge on any atom is -0.387 e. The SMILES string of the molecule is Cn1ncnc1CC(O)c1ccc(C(C)(C)C)s1. The number of aliphatic hydroxyl groups is 1. The zero-order valence-corrected chi connectivity index (χ0v) is 12.0. The number of aromatic nitrogens is 3. The van der Waals surface area contributed by atoms with Gasteiger partial charge >= 0.3 is 0 Å². The Kier molecular flexibility index (Phi) is 3.54. The lowest BCUT2D eigenvalue weighted by atomic mass is 9.95. The predicted molar refractivity (Wildman–Crippen MR) is 72.7 cm³/mol. The molecule has 0 radical (unpaired) electrons. The van der Waals surface area contributed by atoms with E-state index in [0.29, 0.717) is 6.42 Å². The molecule has 0 amide bonds. The summed E-state index contributed by atoms with van der Waals surface area (Å²) >= 11 is 1.67. The summed E-state index contributed by atoms with van der Waals surface area (Å²) < 4.78 is 1.70. The van der Waals surface area contributed by atoms with E-state index < -0.39 is 6.10 Å². The van der Waals surface area contributed by atoms with Gasteiger partial charge in [0.1, 0.15) is 12.2 Å². The van der Waals surface area contributed by atoms with Crippen LogP contribution in [0.1, 0.15) is 42.5 Å². The minimum absolute atomic E-state index is 0.132. The van der Waals surface area contributed by atoms with Crippen molar-refractivity contribution in [2.24, 2.45) is 7.05 Å². The summed E-state index contributed by atoms with van der Waals surface area (Å²) in [6.07, 6.45) is 1.51. The van der Waals surface area contributed by atoms with E-state index in [0.717, 1.165) is 10.7 Å². The smallest absolute Gasteiger partial charge is 0.138 e. The van der Waals surface area contributed by atoms with Gasteiger partial charge in [0.15, 0.2) is 0 Å². The maximum atomic E-state index is 10.2. The van der Waals surface area contributed by atoms with Gasteiger partial charge in [0.05, 0.1) is 6.10 Å². The van der Waals surface area contributed by atoms with Crippen LogP contribution in [0, 0.1) is 0 Å². The summed E-state index contributed by atoms with van der Waals surface area (Å²) in [5.41, 5.74) is 0.132. The molecule has 2 aromatic heterocycles. The molecule has 2 aromatic rings. The molecule has 98 valence electrons.